The normalized spacial score (nSPS) is 15.3. The van der Waals surface area contributed by atoms with Crippen LogP contribution in [0.25, 0.3) is 0 Å². The number of thioether (sulfide) groups is 2. The molecule has 7 heteroatoms. The average Bonchev–Trinajstić information content (AvgIpc) is 2.20. The SMILES string of the molecule is CCOB(O)F.CSC1=NCCCS1. The van der Waals surface area contributed by atoms with Crippen molar-refractivity contribution in [2.45, 2.75) is 13.3 Å². The van der Waals surface area contributed by atoms with E-state index in [1.54, 1.807) is 18.7 Å². The number of halogens is 1. The van der Waals surface area contributed by atoms with Crippen LogP contribution in [0.5, 0.6) is 0 Å². The summed E-state index contributed by atoms with van der Waals surface area (Å²) in [5, 5.41) is 7.66. The van der Waals surface area contributed by atoms with E-state index in [2.05, 4.69) is 15.9 Å². The van der Waals surface area contributed by atoms with Crippen molar-refractivity contribution < 1.29 is 14.0 Å². The summed E-state index contributed by atoms with van der Waals surface area (Å²) in [6.45, 7) is 2.85. The third-order valence-electron chi connectivity index (χ3n) is 1.25. The predicted molar refractivity (Wildman–Crippen MR) is 63.6 cm³/mol. The van der Waals surface area contributed by atoms with E-state index in [0.717, 1.165) is 6.54 Å². The molecule has 0 aliphatic carbocycles. The number of hydrogen-bond acceptors (Lipinski definition) is 5. The fourth-order valence-corrected chi connectivity index (χ4v) is 2.27. The Hall–Kier alpha value is 0.285. The van der Waals surface area contributed by atoms with Crippen LogP contribution >= 0.6 is 23.5 Å². The lowest BCUT2D eigenvalue weighted by Crippen LogP contribution is -2.09. The van der Waals surface area contributed by atoms with Crippen LogP contribution < -0.4 is 0 Å². The number of nitrogens with zero attached hydrogens (tertiary/aromatic N) is 1. The number of rotatable bonds is 2. The van der Waals surface area contributed by atoms with E-state index < -0.39 is 7.40 Å². The fraction of sp³-hybridized carbons (Fsp3) is 0.857. The Morgan fingerprint density at radius 1 is 1.79 bits per heavy atom. The zero-order valence-corrected chi connectivity index (χ0v) is 10.0. The van der Waals surface area contributed by atoms with E-state index in [4.69, 9.17) is 5.02 Å². The highest BCUT2D eigenvalue weighted by Gasteiger charge is 2.07. The Morgan fingerprint density at radius 3 is 2.71 bits per heavy atom. The molecule has 0 unspecified atom stereocenters. The Kier molecular flexibility index (Phi) is 10.0. The van der Waals surface area contributed by atoms with Crippen molar-refractivity contribution in [2.24, 2.45) is 4.99 Å². The summed E-state index contributed by atoms with van der Waals surface area (Å²) in [6.07, 6.45) is 3.34. The molecule has 14 heavy (non-hydrogen) atoms. The van der Waals surface area contributed by atoms with Crippen molar-refractivity contribution in [1.82, 2.24) is 0 Å². The molecule has 0 atom stereocenters. The van der Waals surface area contributed by atoms with Crippen LogP contribution in [0.2, 0.25) is 0 Å². The molecule has 0 bridgehead atoms. The fourth-order valence-electron chi connectivity index (χ4n) is 0.701. The summed E-state index contributed by atoms with van der Waals surface area (Å²) >= 11 is 3.63. The van der Waals surface area contributed by atoms with Crippen molar-refractivity contribution in [3.63, 3.8) is 0 Å². The Bertz CT molecular complexity index is 172. The van der Waals surface area contributed by atoms with Gasteiger partial charge in [-0.25, -0.2) is 0 Å². The van der Waals surface area contributed by atoms with Gasteiger partial charge in [0.25, 0.3) is 0 Å². The Balaban J connectivity index is 0.000000255. The van der Waals surface area contributed by atoms with E-state index in [1.165, 1.54) is 16.5 Å². The van der Waals surface area contributed by atoms with Gasteiger partial charge in [-0.05, 0) is 19.6 Å². The molecule has 1 rings (SSSR count). The summed E-state index contributed by atoms with van der Waals surface area (Å²) in [7, 11) is -2.10. The molecule has 0 spiro atoms. The summed E-state index contributed by atoms with van der Waals surface area (Å²) < 4.78 is 16.2. The first-order valence-corrected chi connectivity index (χ1v) is 6.56. The molecule has 1 aliphatic rings. The quantitative estimate of drug-likeness (QED) is 0.746. The van der Waals surface area contributed by atoms with E-state index in [0.29, 0.717) is 0 Å². The maximum absolute atomic E-state index is 11.0. The molecule has 0 radical (unpaired) electrons. The van der Waals surface area contributed by atoms with Crippen LogP contribution in [0, 0.1) is 0 Å². The molecule has 1 N–H and O–H groups in total. The first-order chi connectivity index (χ1) is 6.70. The van der Waals surface area contributed by atoms with Gasteiger partial charge in [0.05, 0.1) is 0 Å². The van der Waals surface area contributed by atoms with Gasteiger partial charge in [-0.3, -0.25) is 9.31 Å². The molecular weight excluding hydrogens is 224 g/mol. The Morgan fingerprint density at radius 2 is 2.50 bits per heavy atom. The molecule has 0 amide bonds. The van der Waals surface area contributed by atoms with Crippen LogP contribution in [0.3, 0.4) is 0 Å². The summed E-state index contributed by atoms with van der Waals surface area (Å²) in [5.41, 5.74) is 0. The lowest BCUT2D eigenvalue weighted by molar-refractivity contribution is 0.234. The molecule has 0 saturated carbocycles. The summed E-state index contributed by atoms with van der Waals surface area (Å²) in [6, 6.07) is 0. The topological polar surface area (TPSA) is 41.8 Å². The van der Waals surface area contributed by atoms with Crippen molar-refractivity contribution >= 4 is 35.3 Å². The molecule has 1 heterocycles. The molecule has 0 aromatic heterocycles. The summed E-state index contributed by atoms with van der Waals surface area (Å²) in [5.74, 6) is 1.26. The molecule has 0 aromatic rings. The monoisotopic (exact) mass is 239 g/mol. The highest BCUT2D eigenvalue weighted by molar-refractivity contribution is 8.38. The highest BCUT2D eigenvalue weighted by Crippen LogP contribution is 2.18. The molecule has 0 fully saturated rings. The third-order valence-corrected chi connectivity index (χ3v) is 3.45. The van der Waals surface area contributed by atoms with Crippen molar-refractivity contribution in [2.75, 3.05) is 25.2 Å². The van der Waals surface area contributed by atoms with Gasteiger partial charge in [0, 0.05) is 18.9 Å². The van der Waals surface area contributed by atoms with Crippen molar-refractivity contribution in [3.8, 4) is 0 Å². The lowest BCUT2D eigenvalue weighted by Gasteiger charge is -2.06. The maximum atomic E-state index is 11.0. The zero-order chi connectivity index (χ0) is 10.8. The second-order valence-corrected chi connectivity index (χ2v) is 4.44. The highest BCUT2D eigenvalue weighted by atomic mass is 32.2. The molecule has 0 aromatic carbocycles. The average molecular weight is 239 g/mol. The molecule has 0 saturated heterocycles. The first kappa shape index (κ1) is 14.3. The first-order valence-electron chi connectivity index (χ1n) is 4.35. The van der Waals surface area contributed by atoms with Crippen LogP contribution in [-0.2, 0) is 4.65 Å². The molecule has 3 nitrogen and oxygen atoms in total. The van der Waals surface area contributed by atoms with Gasteiger partial charge in [-0.1, -0.05) is 11.8 Å². The lowest BCUT2D eigenvalue weighted by atomic mass is 10.3. The van der Waals surface area contributed by atoms with E-state index >= 15 is 0 Å². The minimum Gasteiger partial charge on any atom is -0.398 e. The van der Waals surface area contributed by atoms with Gasteiger partial charge in [0.1, 0.15) is 4.38 Å². The standard InChI is InChI=1S/C5H9NS2.C2H6BFO2/c1-7-5-6-3-2-4-8-5;1-2-6-3(4)5/h2-4H2,1H3;5H,2H2,1H3. The van der Waals surface area contributed by atoms with Crippen molar-refractivity contribution in [1.29, 1.82) is 0 Å². The maximum Gasteiger partial charge on any atom is 0.677 e. The van der Waals surface area contributed by atoms with Crippen molar-refractivity contribution in [3.05, 3.63) is 0 Å². The van der Waals surface area contributed by atoms with Crippen LogP contribution in [-0.4, -0.2) is 42.0 Å². The smallest absolute Gasteiger partial charge is 0.398 e. The van der Waals surface area contributed by atoms with Gasteiger partial charge in [0.2, 0.25) is 0 Å². The van der Waals surface area contributed by atoms with Crippen LogP contribution in [0.4, 0.5) is 4.32 Å². The van der Waals surface area contributed by atoms with Crippen LogP contribution in [0.15, 0.2) is 4.99 Å². The minimum absolute atomic E-state index is 0.206. The van der Waals surface area contributed by atoms with E-state index in [-0.39, 0.29) is 6.61 Å². The van der Waals surface area contributed by atoms with Gasteiger partial charge in [0.15, 0.2) is 0 Å². The Labute approximate surface area is 93.1 Å². The van der Waals surface area contributed by atoms with Gasteiger partial charge < -0.3 is 9.68 Å². The second-order valence-electron chi connectivity index (χ2n) is 2.30. The molecular formula is C7H15BFNO2S2. The molecule has 82 valence electrons. The number of aliphatic imine (C=N–C) groups is 1. The van der Waals surface area contributed by atoms with Gasteiger partial charge in [-0.2, -0.15) is 0 Å². The van der Waals surface area contributed by atoms with E-state index in [9.17, 15) is 4.32 Å². The van der Waals surface area contributed by atoms with Gasteiger partial charge >= 0.3 is 7.40 Å². The van der Waals surface area contributed by atoms with Crippen LogP contribution in [0.1, 0.15) is 13.3 Å². The van der Waals surface area contributed by atoms with Gasteiger partial charge in [-0.15, -0.1) is 11.8 Å². The second kappa shape index (κ2) is 9.83. The minimum atomic E-state index is -2.10. The number of hydrogen-bond donors (Lipinski definition) is 1. The molecule has 1 aliphatic heterocycles. The zero-order valence-electron chi connectivity index (χ0n) is 8.40. The van der Waals surface area contributed by atoms with E-state index in [1.807, 2.05) is 11.8 Å². The largest absolute Gasteiger partial charge is 0.677 e. The third kappa shape index (κ3) is 8.86. The summed E-state index contributed by atoms with van der Waals surface area (Å²) in [4.78, 5) is 4.29. The predicted octanol–water partition coefficient (Wildman–Crippen LogP) is 1.81.